The van der Waals surface area contributed by atoms with E-state index in [2.05, 4.69) is 10.2 Å². The van der Waals surface area contributed by atoms with Crippen LogP contribution in [0, 0.1) is 0 Å². The largest absolute Gasteiger partial charge is 0.445 e. The van der Waals surface area contributed by atoms with Crippen molar-refractivity contribution in [2.24, 2.45) is 0 Å². The first-order valence-corrected chi connectivity index (χ1v) is 7.92. The first kappa shape index (κ1) is 14.0. The molecule has 0 spiro atoms. The maximum atomic E-state index is 12.1. The minimum atomic E-state index is -4.52. The molecule has 0 atom stereocenters. The van der Waals surface area contributed by atoms with Crippen molar-refractivity contribution in [3.8, 4) is 0 Å². The SMILES string of the molecule is O=S(=O)(Cl)CCSc1nnc(C(F)(F)F)s1. The molecule has 0 radical (unpaired) electrons. The van der Waals surface area contributed by atoms with Crippen LogP contribution in [0.4, 0.5) is 13.2 Å². The summed E-state index contributed by atoms with van der Waals surface area (Å²) in [4.78, 5) is 0. The normalized spacial score (nSPS) is 13.0. The number of alkyl halides is 3. The van der Waals surface area contributed by atoms with E-state index in [1.54, 1.807) is 0 Å². The van der Waals surface area contributed by atoms with Crippen LogP contribution in [0.5, 0.6) is 0 Å². The van der Waals surface area contributed by atoms with Gasteiger partial charge in [0.15, 0.2) is 4.34 Å². The van der Waals surface area contributed by atoms with Crippen molar-refractivity contribution in [2.75, 3.05) is 11.5 Å². The van der Waals surface area contributed by atoms with Crippen LogP contribution in [0.15, 0.2) is 4.34 Å². The molecular formula is C5H4ClF3N2O2S3. The molecule has 1 rings (SSSR count). The minimum absolute atomic E-state index is 0.0400. The Bertz CT molecular complexity index is 458. The molecule has 1 aromatic heterocycles. The first-order valence-electron chi connectivity index (χ1n) is 3.64. The van der Waals surface area contributed by atoms with Gasteiger partial charge >= 0.3 is 6.18 Å². The zero-order valence-corrected chi connectivity index (χ0v) is 10.6. The van der Waals surface area contributed by atoms with Crippen LogP contribution in [0.2, 0.25) is 0 Å². The van der Waals surface area contributed by atoms with E-state index in [0.29, 0.717) is 11.3 Å². The summed E-state index contributed by atoms with van der Waals surface area (Å²) in [6.45, 7) is 0. The number of halogens is 4. The first-order chi connectivity index (χ1) is 7.18. The Kier molecular flexibility index (Phi) is 4.43. The van der Waals surface area contributed by atoms with Crippen molar-refractivity contribution in [1.82, 2.24) is 10.2 Å². The Morgan fingerprint density at radius 1 is 1.38 bits per heavy atom. The number of hydrogen-bond acceptors (Lipinski definition) is 6. The van der Waals surface area contributed by atoms with E-state index < -0.39 is 20.2 Å². The summed E-state index contributed by atoms with van der Waals surface area (Å²) in [5.74, 6) is -0.293. The lowest BCUT2D eigenvalue weighted by atomic mass is 10.7. The van der Waals surface area contributed by atoms with Gasteiger partial charge in [-0.25, -0.2) is 8.42 Å². The monoisotopic (exact) mass is 312 g/mol. The maximum Gasteiger partial charge on any atom is 0.445 e. The van der Waals surface area contributed by atoms with Crippen LogP contribution in [-0.2, 0) is 15.2 Å². The molecule has 1 heterocycles. The minimum Gasteiger partial charge on any atom is -0.212 e. The Hall–Kier alpha value is -0.0600. The molecule has 0 unspecified atom stereocenters. The number of hydrogen-bond donors (Lipinski definition) is 0. The molecule has 0 bridgehead atoms. The summed E-state index contributed by atoms with van der Waals surface area (Å²) in [6, 6.07) is 0. The Morgan fingerprint density at radius 2 is 2.00 bits per heavy atom. The molecule has 0 aliphatic carbocycles. The van der Waals surface area contributed by atoms with E-state index in [-0.39, 0.29) is 15.8 Å². The molecule has 1 aromatic rings. The molecule has 16 heavy (non-hydrogen) atoms. The Balaban J connectivity index is 2.54. The van der Waals surface area contributed by atoms with E-state index in [1.165, 1.54) is 0 Å². The lowest BCUT2D eigenvalue weighted by Crippen LogP contribution is -2.03. The highest BCUT2D eigenvalue weighted by Crippen LogP contribution is 2.34. The van der Waals surface area contributed by atoms with Crippen molar-refractivity contribution in [3.63, 3.8) is 0 Å². The fourth-order valence-electron chi connectivity index (χ4n) is 0.611. The fourth-order valence-corrected chi connectivity index (χ4v) is 3.75. The standard InChI is InChI=1S/C5H4ClF3N2O2S3/c6-16(12,13)2-1-14-4-11-10-3(15-4)5(7,8)9/h1-2H2. The van der Waals surface area contributed by atoms with Crippen LogP contribution in [0.3, 0.4) is 0 Å². The third-order valence-corrected chi connectivity index (χ3v) is 4.72. The molecular weight excluding hydrogens is 309 g/mol. The zero-order valence-electron chi connectivity index (χ0n) is 7.36. The van der Waals surface area contributed by atoms with E-state index >= 15 is 0 Å². The zero-order chi connectivity index (χ0) is 12.4. The lowest BCUT2D eigenvalue weighted by Gasteiger charge is -1.97. The molecule has 0 saturated heterocycles. The summed E-state index contributed by atoms with van der Waals surface area (Å²) < 4.78 is 57.4. The topological polar surface area (TPSA) is 59.9 Å². The molecule has 0 saturated carbocycles. The summed E-state index contributed by atoms with van der Waals surface area (Å²) in [7, 11) is 1.29. The van der Waals surface area contributed by atoms with Crippen LogP contribution >= 0.6 is 33.8 Å². The molecule has 0 amide bonds. The van der Waals surface area contributed by atoms with Gasteiger partial charge in [-0.1, -0.05) is 23.1 Å². The summed E-state index contributed by atoms with van der Waals surface area (Å²) in [6.07, 6.45) is -4.52. The molecule has 0 fully saturated rings. The third-order valence-electron chi connectivity index (χ3n) is 1.20. The summed E-state index contributed by atoms with van der Waals surface area (Å²) in [5.41, 5.74) is 0. The van der Waals surface area contributed by atoms with Crippen molar-refractivity contribution < 1.29 is 21.6 Å². The molecule has 92 valence electrons. The smallest absolute Gasteiger partial charge is 0.212 e. The van der Waals surface area contributed by atoms with Crippen molar-refractivity contribution >= 4 is 42.8 Å². The molecule has 0 aliphatic heterocycles. The maximum absolute atomic E-state index is 12.1. The van der Waals surface area contributed by atoms with E-state index in [9.17, 15) is 21.6 Å². The van der Waals surface area contributed by atoms with Crippen LogP contribution in [0.25, 0.3) is 0 Å². The highest BCUT2D eigenvalue weighted by molar-refractivity contribution is 8.14. The fraction of sp³-hybridized carbons (Fsp3) is 0.600. The average Bonchev–Trinajstić information content (AvgIpc) is 2.49. The van der Waals surface area contributed by atoms with Gasteiger partial charge in [0.2, 0.25) is 14.1 Å². The molecule has 11 heteroatoms. The van der Waals surface area contributed by atoms with Gasteiger partial charge in [0.05, 0.1) is 5.75 Å². The van der Waals surface area contributed by atoms with Gasteiger partial charge in [0.25, 0.3) is 0 Å². The average molecular weight is 313 g/mol. The Labute approximate surface area is 102 Å². The van der Waals surface area contributed by atoms with Crippen LogP contribution in [-0.4, -0.2) is 30.1 Å². The molecule has 0 aromatic carbocycles. The number of thioether (sulfide) groups is 1. The second-order valence-corrected chi connectivity index (χ2v) is 7.68. The van der Waals surface area contributed by atoms with E-state index in [0.717, 1.165) is 11.8 Å². The predicted molar refractivity (Wildman–Crippen MR) is 55.3 cm³/mol. The van der Waals surface area contributed by atoms with Gasteiger partial charge in [-0.15, -0.1) is 10.2 Å². The van der Waals surface area contributed by atoms with Crippen molar-refractivity contribution in [1.29, 1.82) is 0 Å². The van der Waals surface area contributed by atoms with Crippen molar-refractivity contribution in [3.05, 3.63) is 5.01 Å². The third kappa shape index (κ3) is 4.85. The van der Waals surface area contributed by atoms with Crippen LogP contribution in [0.1, 0.15) is 5.01 Å². The van der Waals surface area contributed by atoms with Gasteiger partial charge in [0.1, 0.15) is 0 Å². The number of rotatable bonds is 4. The van der Waals surface area contributed by atoms with Crippen LogP contribution < -0.4 is 0 Å². The quantitative estimate of drug-likeness (QED) is 0.630. The summed E-state index contributed by atoms with van der Waals surface area (Å²) >= 11 is 1.23. The predicted octanol–water partition coefficient (Wildman–Crippen LogP) is 2.22. The van der Waals surface area contributed by atoms with E-state index in [4.69, 9.17) is 10.7 Å². The highest BCUT2D eigenvalue weighted by Gasteiger charge is 2.35. The number of aromatic nitrogens is 2. The van der Waals surface area contributed by atoms with Gasteiger partial charge in [0, 0.05) is 16.4 Å². The Morgan fingerprint density at radius 3 is 2.44 bits per heavy atom. The second-order valence-electron chi connectivity index (χ2n) is 2.46. The van der Waals surface area contributed by atoms with Gasteiger partial charge in [-0.2, -0.15) is 13.2 Å². The highest BCUT2D eigenvalue weighted by atomic mass is 35.7. The second kappa shape index (κ2) is 5.07. The molecule has 0 aliphatic rings. The summed E-state index contributed by atoms with van der Waals surface area (Å²) in [5, 5.41) is 5.17. The molecule has 0 N–H and O–H groups in total. The van der Waals surface area contributed by atoms with E-state index in [1.807, 2.05) is 0 Å². The van der Waals surface area contributed by atoms with Gasteiger partial charge < -0.3 is 0 Å². The molecule has 4 nitrogen and oxygen atoms in total. The van der Waals surface area contributed by atoms with Gasteiger partial charge in [-0.3, -0.25) is 0 Å². The number of nitrogens with zero attached hydrogens (tertiary/aromatic N) is 2. The van der Waals surface area contributed by atoms with Gasteiger partial charge in [-0.05, 0) is 0 Å². The lowest BCUT2D eigenvalue weighted by molar-refractivity contribution is -0.138. The van der Waals surface area contributed by atoms with Crippen molar-refractivity contribution in [2.45, 2.75) is 10.5 Å².